The van der Waals surface area contributed by atoms with Crippen LogP contribution in [0.3, 0.4) is 0 Å². The smallest absolute Gasteiger partial charge is 0.312 e. The van der Waals surface area contributed by atoms with Crippen LogP contribution < -0.4 is 5.73 Å². The summed E-state index contributed by atoms with van der Waals surface area (Å²) in [7, 11) is 0. The monoisotopic (exact) mass is 248 g/mol. The Balaban J connectivity index is 2.20. The third-order valence-electron chi connectivity index (χ3n) is 3.56. The van der Waals surface area contributed by atoms with Crippen LogP contribution in [0.2, 0.25) is 0 Å². The molecule has 2 rings (SSSR count). The molecule has 98 valence electrons. The molecule has 0 spiro atoms. The molecular weight excluding hydrogens is 228 g/mol. The second-order valence-corrected chi connectivity index (χ2v) is 4.81. The highest BCUT2D eigenvalue weighted by Gasteiger charge is 2.22. The lowest BCUT2D eigenvalue weighted by Gasteiger charge is -2.20. The zero-order valence-corrected chi connectivity index (χ0v) is 10.5. The standard InChI is InChI=1S/C14H20N2O2/c15-9-13(14(17)18)12-6-2-1-5-11(12)10-16-7-3-4-8-16/h1-2,5-6,13H,3-4,7-10,15H2,(H,17,18). The van der Waals surface area contributed by atoms with Crippen LogP contribution >= 0.6 is 0 Å². The van der Waals surface area contributed by atoms with Crippen molar-refractivity contribution in [2.45, 2.75) is 25.3 Å². The summed E-state index contributed by atoms with van der Waals surface area (Å²) >= 11 is 0. The van der Waals surface area contributed by atoms with E-state index in [2.05, 4.69) is 4.90 Å². The second kappa shape index (κ2) is 5.98. The van der Waals surface area contributed by atoms with Crippen molar-refractivity contribution in [3.05, 3.63) is 35.4 Å². The first-order chi connectivity index (χ1) is 8.72. The highest BCUT2D eigenvalue weighted by molar-refractivity contribution is 5.77. The van der Waals surface area contributed by atoms with E-state index < -0.39 is 11.9 Å². The molecule has 3 N–H and O–H groups in total. The van der Waals surface area contributed by atoms with Gasteiger partial charge in [0, 0.05) is 13.1 Å². The lowest BCUT2D eigenvalue weighted by Crippen LogP contribution is -2.25. The number of carbonyl (C=O) groups is 1. The summed E-state index contributed by atoms with van der Waals surface area (Å²) in [6.45, 7) is 3.19. The van der Waals surface area contributed by atoms with Gasteiger partial charge in [-0.3, -0.25) is 9.69 Å². The number of rotatable bonds is 5. The molecule has 0 amide bonds. The molecule has 0 radical (unpaired) electrons. The lowest BCUT2D eigenvalue weighted by atomic mass is 9.94. The van der Waals surface area contributed by atoms with E-state index in [9.17, 15) is 9.90 Å². The van der Waals surface area contributed by atoms with Crippen molar-refractivity contribution in [3.8, 4) is 0 Å². The molecule has 0 saturated carbocycles. The van der Waals surface area contributed by atoms with Crippen molar-refractivity contribution in [3.63, 3.8) is 0 Å². The largest absolute Gasteiger partial charge is 0.481 e. The Morgan fingerprint density at radius 2 is 2.00 bits per heavy atom. The number of carboxylic acids is 1. The van der Waals surface area contributed by atoms with Gasteiger partial charge in [0.1, 0.15) is 0 Å². The van der Waals surface area contributed by atoms with Gasteiger partial charge in [-0.05, 0) is 37.1 Å². The third-order valence-corrected chi connectivity index (χ3v) is 3.56. The van der Waals surface area contributed by atoms with E-state index in [4.69, 9.17) is 5.73 Å². The Morgan fingerprint density at radius 1 is 1.33 bits per heavy atom. The molecule has 1 aromatic rings. The maximum atomic E-state index is 11.2. The summed E-state index contributed by atoms with van der Waals surface area (Å²) in [4.78, 5) is 13.6. The second-order valence-electron chi connectivity index (χ2n) is 4.81. The molecule has 1 aliphatic heterocycles. The Kier molecular flexibility index (Phi) is 4.33. The van der Waals surface area contributed by atoms with Gasteiger partial charge in [0.15, 0.2) is 0 Å². The molecule has 0 aliphatic carbocycles. The Hall–Kier alpha value is -1.39. The van der Waals surface area contributed by atoms with Gasteiger partial charge in [-0.15, -0.1) is 0 Å². The molecule has 1 atom stereocenters. The van der Waals surface area contributed by atoms with Crippen molar-refractivity contribution in [1.82, 2.24) is 4.90 Å². The van der Waals surface area contributed by atoms with E-state index in [0.29, 0.717) is 0 Å². The van der Waals surface area contributed by atoms with E-state index in [1.807, 2.05) is 24.3 Å². The molecule has 1 unspecified atom stereocenters. The fourth-order valence-electron chi connectivity index (χ4n) is 2.56. The van der Waals surface area contributed by atoms with Crippen LogP contribution in [0, 0.1) is 0 Å². The number of aliphatic carboxylic acids is 1. The molecule has 4 nitrogen and oxygen atoms in total. The first kappa shape index (κ1) is 13.1. The number of hydrogen-bond donors (Lipinski definition) is 2. The molecule has 4 heteroatoms. The number of nitrogens with two attached hydrogens (primary N) is 1. The Labute approximate surface area is 107 Å². The minimum atomic E-state index is -0.841. The number of benzene rings is 1. The molecule has 1 aromatic carbocycles. The van der Waals surface area contributed by atoms with Gasteiger partial charge in [0.2, 0.25) is 0 Å². The fourth-order valence-corrected chi connectivity index (χ4v) is 2.56. The predicted octanol–water partition coefficient (Wildman–Crippen LogP) is 1.41. The van der Waals surface area contributed by atoms with Crippen LogP contribution in [-0.4, -0.2) is 35.6 Å². The number of nitrogens with zero attached hydrogens (tertiary/aromatic N) is 1. The summed E-state index contributed by atoms with van der Waals surface area (Å²) < 4.78 is 0. The van der Waals surface area contributed by atoms with Crippen molar-refractivity contribution in [1.29, 1.82) is 0 Å². The topological polar surface area (TPSA) is 66.6 Å². The maximum absolute atomic E-state index is 11.2. The lowest BCUT2D eigenvalue weighted by molar-refractivity contribution is -0.138. The minimum absolute atomic E-state index is 0.145. The van der Waals surface area contributed by atoms with Gasteiger partial charge in [-0.1, -0.05) is 24.3 Å². The van der Waals surface area contributed by atoms with Crippen molar-refractivity contribution in [2.24, 2.45) is 5.73 Å². The van der Waals surface area contributed by atoms with Gasteiger partial charge in [-0.25, -0.2) is 0 Å². The van der Waals surface area contributed by atoms with E-state index in [1.165, 1.54) is 12.8 Å². The van der Waals surface area contributed by atoms with Crippen LogP contribution in [0.5, 0.6) is 0 Å². The fraction of sp³-hybridized carbons (Fsp3) is 0.500. The average Bonchev–Trinajstić information content (AvgIpc) is 2.84. The van der Waals surface area contributed by atoms with Crippen molar-refractivity contribution >= 4 is 5.97 Å². The molecule has 0 bridgehead atoms. The molecular formula is C14H20N2O2. The van der Waals surface area contributed by atoms with Crippen LogP contribution in [-0.2, 0) is 11.3 Å². The maximum Gasteiger partial charge on any atom is 0.312 e. The quantitative estimate of drug-likeness (QED) is 0.827. The first-order valence-corrected chi connectivity index (χ1v) is 6.45. The number of likely N-dealkylation sites (tertiary alicyclic amines) is 1. The summed E-state index contributed by atoms with van der Waals surface area (Å²) in [5, 5.41) is 9.22. The van der Waals surface area contributed by atoms with Gasteiger partial charge in [-0.2, -0.15) is 0 Å². The highest BCUT2D eigenvalue weighted by atomic mass is 16.4. The van der Waals surface area contributed by atoms with Crippen LogP contribution in [0.1, 0.15) is 29.9 Å². The Bertz CT molecular complexity index is 414. The van der Waals surface area contributed by atoms with E-state index in [1.54, 1.807) is 0 Å². The van der Waals surface area contributed by atoms with E-state index in [-0.39, 0.29) is 6.54 Å². The summed E-state index contributed by atoms with van der Waals surface area (Å²) in [5.74, 6) is -1.44. The number of carboxylic acid groups (broad SMARTS) is 1. The molecule has 18 heavy (non-hydrogen) atoms. The van der Waals surface area contributed by atoms with Crippen LogP contribution in [0.15, 0.2) is 24.3 Å². The van der Waals surface area contributed by atoms with Crippen molar-refractivity contribution < 1.29 is 9.90 Å². The van der Waals surface area contributed by atoms with Gasteiger partial charge in [0.25, 0.3) is 0 Å². The number of hydrogen-bond acceptors (Lipinski definition) is 3. The first-order valence-electron chi connectivity index (χ1n) is 6.45. The summed E-state index contributed by atoms with van der Waals surface area (Å²) in [5.41, 5.74) is 7.54. The van der Waals surface area contributed by atoms with Crippen LogP contribution in [0.25, 0.3) is 0 Å². The molecule has 1 aliphatic rings. The van der Waals surface area contributed by atoms with Gasteiger partial charge < -0.3 is 10.8 Å². The molecule has 0 aromatic heterocycles. The average molecular weight is 248 g/mol. The summed E-state index contributed by atoms with van der Waals surface area (Å²) in [6, 6.07) is 7.75. The Morgan fingerprint density at radius 3 is 2.61 bits per heavy atom. The van der Waals surface area contributed by atoms with E-state index >= 15 is 0 Å². The third kappa shape index (κ3) is 2.89. The van der Waals surface area contributed by atoms with E-state index in [0.717, 1.165) is 30.8 Å². The zero-order valence-electron chi connectivity index (χ0n) is 10.5. The molecule has 1 fully saturated rings. The van der Waals surface area contributed by atoms with Crippen LogP contribution in [0.4, 0.5) is 0 Å². The van der Waals surface area contributed by atoms with Gasteiger partial charge >= 0.3 is 5.97 Å². The van der Waals surface area contributed by atoms with Crippen molar-refractivity contribution in [2.75, 3.05) is 19.6 Å². The predicted molar refractivity (Wildman–Crippen MR) is 70.4 cm³/mol. The van der Waals surface area contributed by atoms with Gasteiger partial charge in [0.05, 0.1) is 5.92 Å². The minimum Gasteiger partial charge on any atom is -0.481 e. The molecule has 1 saturated heterocycles. The molecule has 1 heterocycles. The summed E-state index contributed by atoms with van der Waals surface area (Å²) in [6.07, 6.45) is 2.48. The highest BCUT2D eigenvalue weighted by Crippen LogP contribution is 2.22. The normalized spacial score (nSPS) is 17.8. The SMILES string of the molecule is NCC(C(=O)O)c1ccccc1CN1CCCC1. The zero-order chi connectivity index (χ0) is 13.0.